The quantitative estimate of drug-likeness (QED) is 0.0267. The Kier molecular flexibility index (Phi) is 42.8. The number of unbranched alkanes of at least 4 members (excludes halogenated alkanes) is 5. The Bertz CT molecular complexity index is 1350. The van der Waals surface area contributed by atoms with E-state index in [-0.39, 0.29) is 50.4 Å². The molecule has 1 atom stereocenters. The summed E-state index contributed by atoms with van der Waals surface area (Å²) in [7, 11) is 0. The number of allylic oxidation sites excluding steroid dienone is 22. The minimum Gasteiger partial charge on any atom is -0.462 e. The summed E-state index contributed by atoms with van der Waals surface area (Å²) in [5.74, 6) is -1.12. The lowest BCUT2D eigenvalue weighted by atomic mass is 10.1. The van der Waals surface area contributed by atoms with E-state index < -0.39 is 6.10 Å². The van der Waals surface area contributed by atoms with Crippen molar-refractivity contribution in [3.63, 3.8) is 0 Å². The highest BCUT2D eigenvalue weighted by molar-refractivity contribution is 5.71. The Morgan fingerprint density at radius 1 is 0.339 bits per heavy atom. The molecular formula is C53H80O6. The molecule has 0 amide bonds. The lowest BCUT2D eigenvalue weighted by molar-refractivity contribution is -0.166. The number of ether oxygens (including phenoxy) is 3. The topological polar surface area (TPSA) is 78.9 Å². The Morgan fingerprint density at radius 3 is 1.08 bits per heavy atom. The molecule has 0 saturated carbocycles. The van der Waals surface area contributed by atoms with E-state index in [1.54, 1.807) is 0 Å². The molecule has 1 unspecified atom stereocenters. The van der Waals surface area contributed by atoms with E-state index in [9.17, 15) is 14.4 Å². The molecule has 0 fully saturated rings. The summed E-state index contributed by atoms with van der Waals surface area (Å²) in [5.41, 5.74) is 0. The molecule has 0 aliphatic heterocycles. The van der Waals surface area contributed by atoms with E-state index in [4.69, 9.17) is 14.2 Å². The number of hydrogen-bond donors (Lipinski definition) is 0. The molecule has 328 valence electrons. The van der Waals surface area contributed by atoms with Gasteiger partial charge >= 0.3 is 17.9 Å². The third-order valence-corrected chi connectivity index (χ3v) is 8.64. The molecule has 0 heterocycles. The van der Waals surface area contributed by atoms with Crippen LogP contribution in [0, 0.1) is 0 Å². The minimum absolute atomic E-state index is 0.142. The first kappa shape index (κ1) is 54.6. The fourth-order valence-corrected chi connectivity index (χ4v) is 5.35. The molecule has 0 spiro atoms. The molecule has 0 aromatic heterocycles. The Labute approximate surface area is 360 Å². The fourth-order valence-electron chi connectivity index (χ4n) is 5.35. The standard InChI is InChI=1S/C53H80O6/c1-4-7-10-13-16-19-22-24-26-27-29-31-34-37-40-43-46-52(55)58-49-50(48-57-51(54)45-42-39-36-33-30-21-18-15-12-9-6-3)59-53(56)47-44-41-38-35-32-28-25-23-20-17-14-11-8-5-2/h7-12,16-21,24-26,28-29,31,33,36-37,40,50H,4-6,13-15,22-23,27,30,32,34-35,38-39,41-49H2,1-3H3/b10-7-,11-8-,12-9-,19-16-,20-17-,21-18-,26-24-,28-25-,31-29-,36-33-,40-37-. The monoisotopic (exact) mass is 813 g/mol. The van der Waals surface area contributed by atoms with Gasteiger partial charge < -0.3 is 14.2 Å². The van der Waals surface area contributed by atoms with Crippen molar-refractivity contribution >= 4 is 17.9 Å². The summed E-state index contributed by atoms with van der Waals surface area (Å²) in [6.07, 6.45) is 64.6. The highest BCUT2D eigenvalue weighted by Gasteiger charge is 2.19. The van der Waals surface area contributed by atoms with Gasteiger partial charge in [-0.05, 0) is 109 Å². The van der Waals surface area contributed by atoms with Gasteiger partial charge in [0.15, 0.2) is 6.10 Å². The van der Waals surface area contributed by atoms with Crippen molar-refractivity contribution in [1.82, 2.24) is 0 Å². The van der Waals surface area contributed by atoms with Gasteiger partial charge in [-0.2, -0.15) is 0 Å². The van der Waals surface area contributed by atoms with Crippen molar-refractivity contribution < 1.29 is 28.6 Å². The molecule has 0 bridgehead atoms. The zero-order valence-electron chi connectivity index (χ0n) is 37.2. The van der Waals surface area contributed by atoms with Gasteiger partial charge in [0.1, 0.15) is 13.2 Å². The maximum absolute atomic E-state index is 12.7. The van der Waals surface area contributed by atoms with Gasteiger partial charge in [0, 0.05) is 19.3 Å². The van der Waals surface area contributed by atoms with Crippen LogP contribution in [0.1, 0.15) is 162 Å². The SMILES string of the molecule is CC/C=C\C/C=C\C/C=C\C/C=C\C/C=C\CCC(=O)OCC(COC(=O)CCC/C=C\C/C=C\C/C=C\CC)OC(=O)CCCCCC/C=C\C/C=C\C/C=C\CC. The molecule has 6 heteroatoms. The van der Waals surface area contributed by atoms with Crippen LogP contribution < -0.4 is 0 Å². The van der Waals surface area contributed by atoms with Crippen LogP contribution in [0.15, 0.2) is 134 Å². The van der Waals surface area contributed by atoms with Gasteiger partial charge in [0.25, 0.3) is 0 Å². The molecule has 0 aromatic rings. The Hall–Kier alpha value is -4.45. The van der Waals surface area contributed by atoms with E-state index >= 15 is 0 Å². The van der Waals surface area contributed by atoms with Crippen LogP contribution in [0.5, 0.6) is 0 Å². The molecular weight excluding hydrogens is 733 g/mol. The number of hydrogen-bond acceptors (Lipinski definition) is 6. The van der Waals surface area contributed by atoms with Gasteiger partial charge in [-0.15, -0.1) is 0 Å². The number of esters is 3. The van der Waals surface area contributed by atoms with Crippen molar-refractivity contribution in [2.75, 3.05) is 13.2 Å². The maximum atomic E-state index is 12.7. The highest BCUT2D eigenvalue weighted by Crippen LogP contribution is 2.10. The molecule has 6 nitrogen and oxygen atoms in total. The second kappa shape index (κ2) is 46.2. The molecule has 0 N–H and O–H groups in total. The summed E-state index contributed by atoms with van der Waals surface area (Å²) in [6.45, 7) is 6.11. The van der Waals surface area contributed by atoms with Crippen LogP contribution in [0.3, 0.4) is 0 Å². The van der Waals surface area contributed by atoms with Crippen LogP contribution in [0.25, 0.3) is 0 Å². The van der Waals surface area contributed by atoms with Crippen molar-refractivity contribution in [2.45, 2.75) is 168 Å². The predicted molar refractivity (Wildman–Crippen MR) is 251 cm³/mol. The first-order valence-corrected chi connectivity index (χ1v) is 22.7. The van der Waals surface area contributed by atoms with Gasteiger partial charge in [0.2, 0.25) is 0 Å². The van der Waals surface area contributed by atoms with E-state index in [0.717, 1.165) is 109 Å². The Morgan fingerprint density at radius 2 is 0.661 bits per heavy atom. The summed E-state index contributed by atoms with van der Waals surface area (Å²) in [6, 6.07) is 0. The van der Waals surface area contributed by atoms with E-state index in [1.165, 1.54) is 0 Å². The third-order valence-electron chi connectivity index (χ3n) is 8.64. The molecule has 59 heavy (non-hydrogen) atoms. The van der Waals surface area contributed by atoms with Crippen LogP contribution in [0.4, 0.5) is 0 Å². The van der Waals surface area contributed by atoms with Crippen molar-refractivity contribution in [3.05, 3.63) is 134 Å². The average Bonchev–Trinajstić information content (AvgIpc) is 3.23. The van der Waals surface area contributed by atoms with Gasteiger partial charge in [0.05, 0.1) is 0 Å². The summed E-state index contributed by atoms with van der Waals surface area (Å²) in [5, 5.41) is 0. The largest absolute Gasteiger partial charge is 0.462 e. The van der Waals surface area contributed by atoms with E-state index in [1.807, 2.05) is 12.2 Å². The molecule has 0 aromatic carbocycles. The van der Waals surface area contributed by atoms with Crippen LogP contribution in [-0.4, -0.2) is 37.2 Å². The van der Waals surface area contributed by atoms with Gasteiger partial charge in [-0.25, -0.2) is 0 Å². The lowest BCUT2D eigenvalue weighted by Crippen LogP contribution is -2.30. The molecule has 0 saturated heterocycles. The highest BCUT2D eigenvalue weighted by atomic mass is 16.6. The first-order chi connectivity index (χ1) is 29.0. The molecule has 0 radical (unpaired) electrons. The van der Waals surface area contributed by atoms with Crippen LogP contribution >= 0.6 is 0 Å². The number of carbonyl (C=O) groups is 3. The lowest BCUT2D eigenvalue weighted by Gasteiger charge is -2.18. The van der Waals surface area contributed by atoms with E-state index in [0.29, 0.717) is 12.8 Å². The zero-order valence-corrected chi connectivity index (χ0v) is 37.2. The van der Waals surface area contributed by atoms with Gasteiger partial charge in [-0.1, -0.05) is 167 Å². The Balaban J connectivity index is 4.62. The second-order valence-corrected chi connectivity index (χ2v) is 14.2. The number of rotatable bonds is 38. The van der Waals surface area contributed by atoms with Crippen molar-refractivity contribution in [1.29, 1.82) is 0 Å². The van der Waals surface area contributed by atoms with Crippen molar-refractivity contribution in [3.8, 4) is 0 Å². The first-order valence-electron chi connectivity index (χ1n) is 22.7. The van der Waals surface area contributed by atoms with Crippen molar-refractivity contribution in [2.24, 2.45) is 0 Å². The molecule has 0 aliphatic carbocycles. The average molecular weight is 813 g/mol. The normalized spacial score (nSPS) is 13.3. The smallest absolute Gasteiger partial charge is 0.306 e. The van der Waals surface area contributed by atoms with E-state index in [2.05, 4.69) is 142 Å². The van der Waals surface area contributed by atoms with Crippen LogP contribution in [0.2, 0.25) is 0 Å². The molecule has 0 aliphatic rings. The zero-order chi connectivity index (χ0) is 43.0. The number of carbonyl (C=O) groups excluding carboxylic acids is 3. The van der Waals surface area contributed by atoms with Gasteiger partial charge in [-0.3, -0.25) is 14.4 Å². The third kappa shape index (κ3) is 44.5. The second-order valence-electron chi connectivity index (χ2n) is 14.2. The predicted octanol–water partition coefficient (Wildman–Crippen LogP) is 14.7. The van der Waals surface area contributed by atoms with Crippen LogP contribution in [-0.2, 0) is 28.6 Å². The summed E-state index contributed by atoms with van der Waals surface area (Å²) in [4.78, 5) is 37.7. The fraction of sp³-hybridized carbons (Fsp3) is 0.528. The molecule has 0 rings (SSSR count). The maximum Gasteiger partial charge on any atom is 0.306 e. The summed E-state index contributed by atoms with van der Waals surface area (Å²) >= 11 is 0. The summed E-state index contributed by atoms with van der Waals surface area (Å²) < 4.78 is 16.6. The minimum atomic E-state index is -0.843.